The molecule has 2 aromatic carbocycles. The van der Waals surface area contributed by atoms with Crippen molar-refractivity contribution in [2.24, 2.45) is 0 Å². The monoisotopic (exact) mass is 656 g/mol. The van der Waals surface area contributed by atoms with Gasteiger partial charge in [-0.25, -0.2) is 0 Å². The zero-order valence-electron chi connectivity index (χ0n) is 23.1. The highest BCUT2D eigenvalue weighted by Gasteiger charge is 2.80. The number of hydrogen-bond donors (Lipinski definition) is 0. The van der Waals surface area contributed by atoms with E-state index in [1.807, 2.05) is 0 Å². The van der Waals surface area contributed by atoms with Crippen LogP contribution in [0.15, 0.2) is 81.6 Å². The molecule has 1 aliphatic carbocycles. The number of halogens is 6. The summed E-state index contributed by atoms with van der Waals surface area (Å²) < 4.78 is 104. The number of alkyl halides is 6. The fraction of sp³-hybridized carbons (Fsp3) is 0.161. The average molecular weight is 657 g/mol. The second-order valence-electron chi connectivity index (χ2n) is 10.2. The molecule has 0 unspecified atom stereocenters. The zero-order chi connectivity index (χ0) is 31.7. The van der Waals surface area contributed by atoms with Crippen molar-refractivity contribution in [3.63, 3.8) is 0 Å². The van der Waals surface area contributed by atoms with Gasteiger partial charge in [-0.05, 0) is 61.4 Å². The van der Waals surface area contributed by atoms with Crippen LogP contribution in [0.1, 0.15) is 20.9 Å². The van der Waals surface area contributed by atoms with E-state index in [1.165, 1.54) is 13.8 Å². The van der Waals surface area contributed by atoms with Crippen LogP contribution in [-0.4, -0.2) is 38.2 Å². The van der Waals surface area contributed by atoms with Crippen molar-refractivity contribution in [2.45, 2.75) is 31.6 Å². The second-order valence-corrected chi connectivity index (χ2v) is 12.7. The summed E-state index contributed by atoms with van der Waals surface area (Å²) in [5.41, 5.74) is -2.69. The Balaban J connectivity index is 1.36. The van der Waals surface area contributed by atoms with Crippen LogP contribution in [0.3, 0.4) is 0 Å². The predicted octanol–water partition coefficient (Wildman–Crippen LogP) is 9.69. The standard InChI is InChI=1S/C31H18F6N4O2S2/c1-15-19(13-21(44-15)27-40-38-25(42-27)17-9-5-3-6-10-17)23-24(30(34,35)31(36,37)29(23,32)33)20-14-22(45-16(20)2)28-41-39-26(43-28)18-11-7-4-8-12-18/h3-14H,1-2H3. The molecule has 0 N–H and O–H groups in total. The number of thiophene rings is 2. The van der Waals surface area contributed by atoms with E-state index in [4.69, 9.17) is 8.83 Å². The normalized spacial score (nSPS) is 16.9. The van der Waals surface area contributed by atoms with Gasteiger partial charge in [0.05, 0.1) is 9.75 Å². The van der Waals surface area contributed by atoms with E-state index in [0.29, 0.717) is 11.1 Å². The Hall–Kier alpha value is -4.56. The maximum atomic E-state index is 15.6. The average Bonchev–Trinajstić information content (AvgIpc) is 3.84. The molecule has 0 amide bonds. The number of benzene rings is 2. The molecule has 1 aliphatic rings. The summed E-state index contributed by atoms with van der Waals surface area (Å²) in [4.78, 5) is 0.478. The fourth-order valence-electron chi connectivity index (χ4n) is 5.14. The Morgan fingerprint density at radius 3 is 1.27 bits per heavy atom. The zero-order valence-corrected chi connectivity index (χ0v) is 24.8. The van der Waals surface area contributed by atoms with Crippen LogP contribution < -0.4 is 0 Å². The van der Waals surface area contributed by atoms with Gasteiger partial charge in [0.25, 0.3) is 11.8 Å². The lowest BCUT2D eigenvalue weighted by molar-refractivity contribution is -0.254. The van der Waals surface area contributed by atoms with E-state index < -0.39 is 40.0 Å². The molecule has 0 radical (unpaired) electrons. The lowest BCUT2D eigenvalue weighted by Crippen LogP contribution is -2.48. The predicted molar refractivity (Wildman–Crippen MR) is 157 cm³/mol. The smallest absolute Gasteiger partial charge is 0.380 e. The van der Waals surface area contributed by atoms with Gasteiger partial charge in [-0.1, -0.05) is 36.4 Å². The van der Waals surface area contributed by atoms with Crippen molar-refractivity contribution in [3.05, 3.63) is 93.7 Å². The van der Waals surface area contributed by atoms with Crippen LogP contribution in [0, 0.1) is 13.8 Å². The second kappa shape index (κ2) is 10.2. The minimum atomic E-state index is -5.72. The topological polar surface area (TPSA) is 77.8 Å². The van der Waals surface area contributed by atoms with Crippen molar-refractivity contribution in [3.8, 4) is 44.4 Å². The van der Waals surface area contributed by atoms with Gasteiger partial charge in [0.2, 0.25) is 11.8 Å². The number of aromatic nitrogens is 4. The summed E-state index contributed by atoms with van der Waals surface area (Å²) in [5, 5.41) is 15.9. The van der Waals surface area contributed by atoms with E-state index in [2.05, 4.69) is 20.4 Å². The molecule has 228 valence electrons. The highest BCUT2D eigenvalue weighted by molar-refractivity contribution is 7.16. The summed E-state index contributed by atoms with van der Waals surface area (Å²) >= 11 is 1.77. The van der Waals surface area contributed by atoms with E-state index in [9.17, 15) is 0 Å². The van der Waals surface area contributed by atoms with Crippen LogP contribution in [0.25, 0.3) is 55.6 Å². The number of allylic oxidation sites excluding steroid dienone is 2. The maximum Gasteiger partial charge on any atom is 0.380 e. The van der Waals surface area contributed by atoms with E-state index in [-0.39, 0.29) is 43.1 Å². The first kappa shape index (κ1) is 29.2. The Morgan fingerprint density at radius 1 is 0.533 bits per heavy atom. The lowest BCUT2D eigenvalue weighted by Gasteiger charge is -2.25. The third-order valence-corrected chi connectivity index (χ3v) is 9.43. The molecule has 14 heteroatoms. The number of nitrogens with zero attached hydrogens (tertiary/aromatic N) is 4. The Kier molecular flexibility index (Phi) is 6.64. The molecular formula is C31H18F6N4O2S2. The van der Waals surface area contributed by atoms with Gasteiger partial charge in [-0.15, -0.1) is 43.1 Å². The Morgan fingerprint density at radius 2 is 0.889 bits per heavy atom. The van der Waals surface area contributed by atoms with Crippen LogP contribution >= 0.6 is 22.7 Å². The van der Waals surface area contributed by atoms with Gasteiger partial charge >= 0.3 is 17.8 Å². The minimum absolute atomic E-state index is 0.0743. The fourth-order valence-corrected chi connectivity index (χ4v) is 7.04. The first-order valence-corrected chi connectivity index (χ1v) is 14.9. The first-order valence-electron chi connectivity index (χ1n) is 13.3. The van der Waals surface area contributed by atoms with E-state index in [1.54, 1.807) is 60.7 Å². The molecule has 0 saturated carbocycles. The highest BCUT2D eigenvalue weighted by atomic mass is 32.1. The van der Waals surface area contributed by atoms with Gasteiger partial charge in [-0.2, -0.15) is 26.3 Å². The first-order chi connectivity index (χ1) is 21.4. The highest BCUT2D eigenvalue weighted by Crippen LogP contribution is 2.66. The van der Waals surface area contributed by atoms with Crippen molar-refractivity contribution < 1.29 is 35.2 Å². The van der Waals surface area contributed by atoms with Crippen molar-refractivity contribution in [1.82, 2.24) is 20.4 Å². The number of hydrogen-bond acceptors (Lipinski definition) is 8. The largest absolute Gasteiger partial charge is 0.415 e. The summed E-state index contributed by atoms with van der Waals surface area (Å²) in [7, 11) is 0. The van der Waals surface area contributed by atoms with E-state index >= 15 is 26.3 Å². The molecule has 4 heterocycles. The van der Waals surface area contributed by atoms with Crippen molar-refractivity contribution in [1.29, 1.82) is 0 Å². The number of rotatable bonds is 6. The van der Waals surface area contributed by atoms with Crippen molar-refractivity contribution in [2.75, 3.05) is 0 Å². The van der Waals surface area contributed by atoms with Gasteiger partial charge in [0.1, 0.15) is 0 Å². The molecule has 0 spiro atoms. The Labute approximate surface area is 258 Å². The Bertz CT molecular complexity index is 1930. The molecule has 0 fully saturated rings. The van der Waals surface area contributed by atoms with Crippen LogP contribution in [-0.2, 0) is 0 Å². The molecule has 0 bridgehead atoms. The summed E-state index contributed by atoms with van der Waals surface area (Å²) in [6.45, 7) is 2.76. The molecule has 6 nitrogen and oxygen atoms in total. The summed E-state index contributed by atoms with van der Waals surface area (Å²) in [6, 6.07) is 19.7. The molecule has 7 rings (SSSR count). The van der Waals surface area contributed by atoms with Gasteiger partial charge in [0, 0.05) is 32.0 Å². The molecule has 4 aromatic heterocycles. The molecule has 0 saturated heterocycles. The van der Waals surface area contributed by atoms with Crippen LogP contribution in [0.2, 0.25) is 0 Å². The summed E-state index contributed by atoms with van der Waals surface area (Å²) in [5.74, 6) is -16.0. The third kappa shape index (κ3) is 4.45. The lowest BCUT2D eigenvalue weighted by atomic mass is 9.95. The van der Waals surface area contributed by atoms with Crippen LogP contribution in [0.4, 0.5) is 26.3 Å². The molecular weight excluding hydrogens is 638 g/mol. The molecule has 45 heavy (non-hydrogen) atoms. The van der Waals surface area contributed by atoms with Crippen LogP contribution in [0.5, 0.6) is 0 Å². The maximum absolute atomic E-state index is 15.6. The van der Waals surface area contributed by atoms with Gasteiger partial charge in [0.15, 0.2) is 0 Å². The van der Waals surface area contributed by atoms with Gasteiger partial charge in [-0.3, -0.25) is 0 Å². The SMILES string of the molecule is Cc1sc(-c2nnc(-c3ccccc3)o2)cc1C1=C(c2cc(-c3nnc(-c4ccccc4)o3)sc2C)C(F)(F)C(F)(F)C1(F)F. The number of aryl methyl sites for hydroxylation is 2. The van der Waals surface area contributed by atoms with Gasteiger partial charge < -0.3 is 8.83 Å². The van der Waals surface area contributed by atoms with E-state index in [0.717, 1.165) is 34.8 Å². The third-order valence-electron chi connectivity index (χ3n) is 7.35. The minimum Gasteiger partial charge on any atom is -0.415 e. The molecule has 0 aliphatic heterocycles. The molecule has 6 aromatic rings. The molecule has 0 atom stereocenters. The summed E-state index contributed by atoms with van der Waals surface area (Å²) in [6.07, 6.45) is 0. The quantitative estimate of drug-likeness (QED) is 0.166. The van der Waals surface area contributed by atoms with Crippen molar-refractivity contribution >= 4 is 33.8 Å².